The highest BCUT2D eigenvalue weighted by molar-refractivity contribution is 8.03. The molecule has 6 nitrogen and oxygen atoms in total. The van der Waals surface area contributed by atoms with E-state index in [1.165, 1.54) is 11.8 Å². The lowest BCUT2D eigenvalue weighted by Gasteiger charge is -2.30. The number of amides is 2. The van der Waals surface area contributed by atoms with Crippen LogP contribution in [0.15, 0.2) is 107 Å². The summed E-state index contributed by atoms with van der Waals surface area (Å²) in [6, 6.07) is 27.9. The molecule has 0 fully saturated rings. The molecule has 3 N–H and O–H groups in total. The first-order valence-electron chi connectivity index (χ1n) is 11.2. The van der Waals surface area contributed by atoms with Gasteiger partial charge in [0.25, 0.3) is 5.91 Å². The van der Waals surface area contributed by atoms with Gasteiger partial charge in [-0.1, -0.05) is 84.0 Å². The van der Waals surface area contributed by atoms with Gasteiger partial charge in [-0.2, -0.15) is 5.26 Å². The Morgan fingerprint density at radius 2 is 1.61 bits per heavy atom. The van der Waals surface area contributed by atoms with Gasteiger partial charge in [-0.25, -0.2) is 0 Å². The molecular formula is C28H23ClN4O2S. The second kappa shape index (κ2) is 11.6. The van der Waals surface area contributed by atoms with Crippen molar-refractivity contribution in [3.05, 3.63) is 117 Å². The summed E-state index contributed by atoms with van der Waals surface area (Å²) in [7, 11) is 0. The molecule has 0 bridgehead atoms. The summed E-state index contributed by atoms with van der Waals surface area (Å²) in [6.07, 6.45) is 0. The van der Waals surface area contributed by atoms with Gasteiger partial charge in [-0.15, -0.1) is 0 Å². The van der Waals surface area contributed by atoms with E-state index in [0.29, 0.717) is 38.3 Å². The average molecular weight is 515 g/mol. The highest BCUT2D eigenvalue weighted by atomic mass is 35.5. The first-order chi connectivity index (χ1) is 17.5. The zero-order valence-electron chi connectivity index (χ0n) is 19.4. The minimum atomic E-state index is -0.588. The van der Waals surface area contributed by atoms with E-state index in [0.717, 1.165) is 5.56 Å². The standard InChI is InChI=1S/C28H23ClN4O2S/c1-18-25(27(35)32-20-12-6-3-7-13-20)26(19-10-4-2-5-11-19)21(16-30)28(31-18)36-17-24(34)33-23-15-9-8-14-22(23)29/h2-15,26,31H,17H2,1H3,(H,32,35)(H,33,34)/t26-/m0/s1. The lowest BCUT2D eigenvalue weighted by Crippen LogP contribution is -2.31. The van der Waals surface area contributed by atoms with Gasteiger partial charge in [-0.05, 0) is 36.8 Å². The molecule has 0 aromatic heterocycles. The summed E-state index contributed by atoms with van der Waals surface area (Å²) in [6.45, 7) is 1.80. The Kier molecular flexibility index (Phi) is 8.11. The Bertz CT molecular complexity index is 1380. The van der Waals surface area contributed by atoms with E-state index >= 15 is 0 Å². The van der Waals surface area contributed by atoms with Gasteiger partial charge in [-0.3, -0.25) is 9.59 Å². The Morgan fingerprint density at radius 1 is 0.972 bits per heavy atom. The number of nitrogens with zero attached hydrogens (tertiary/aromatic N) is 1. The number of carbonyl (C=O) groups is 2. The maximum absolute atomic E-state index is 13.4. The maximum Gasteiger partial charge on any atom is 0.254 e. The van der Waals surface area contributed by atoms with Crippen molar-refractivity contribution in [2.45, 2.75) is 12.8 Å². The van der Waals surface area contributed by atoms with Gasteiger partial charge in [0, 0.05) is 17.0 Å². The van der Waals surface area contributed by atoms with Crippen LogP contribution in [-0.4, -0.2) is 17.6 Å². The minimum absolute atomic E-state index is 0.0546. The Hall–Kier alpha value is -3.99. The second-order valence-corrected chi connectivity index (χ2v) is 9.39. The van der Waals surface area contributed by atoms with Gasteiger partial charge >= 0.3 is 0 Å². The van der Waals surface area contributed by atoms with Crippen molar-refractivity contribution in [1.29, 1.82) is 5.26 Å². The second-order valence-electron chi connectivity index (χ2n) is 8.00. The molecule has 180 valence electrons. The normalized spacial score (nSPS) is 15.1. The quantitative estimate of drug-likeness (QED) is 0.357. The fourth-order valence-corrected chi connectivity index (χ4v) is 4.99. The number of para-hydroxylation sites is 2. The van der Waals surface area contributed by atoms with Crippen molar-refractivity contribution < 1.29 is 9.59 Å². The number of rotatable bonds is 7. The SMILES string of the molecule is CC1=C(C(=O)Nc2ccccc2)[C@@H](c2ccccc2)C(C#N)=C(SCC(=O)Nc2ccccc2Cl)N1. The van der Waals surface area contributed by atoms with Gasteiger partial charge in [0.2, 0.25) is 5.91 Å². The molecule has 0 spiro atoms. The van der Waals surface area contributed by atoms with E-state index in [1.807, 2.05) is 60.7 Å². The predicted octanol–water partition coefficient (Wildman–Crippen LogP) is 6.05. The van der Waals surface area contributed by atoms with Crippen LogP contribution in [0.4, 0.5) is 11.4 Å². The van der Waals surface area contributed by atoms with Gasteiger partial charge in [0.15, 0.2) is 0 Å². The molecule has 3 aromatic rings. The van der Waals surface area contributed by atoms with E-state index in [9.17, 15) is 14.9 Å². The minimum Gasteiger partial charge on any atom is -0.353 e. The third-order valence-corrected chi connectivity index (χ3v) is 6.90. The van der Waals surface area contributed by atoms with Crippen LogP contribution >= 0.6 is 23.4 Å². The fourth-order valence-electron chi connectivity index (χ4n) is 3.91. The molecule has 36 heavy (non-hydrogen) atoms. The number of nitriles is 1. The molecule has 1 aliphatic rings. The van der Waals surface area contributed by atoms with Crippen molar-refractivity contribution in [3.63, 3.8) is 0 Å². The smallest absolute Gasteiger partial charge is 0.254 e. The molecule has 1 aliphatic heterocycles. The van der Waals surface area contributed by atoms with Crippen LogP contribution in [0.2, 0.25) is 5.02 Å². The number of hydrogen-bond acceptors (Lipinski definition) is 5. The van der Waals surface area contributed by atoms with Crippen LogP contribution in [0.5, 0.6) is 0 Å². The van der Waals surface area contributed by atoms with Crippen molar-refractivity contribution in [2.75, 3.05) is 16.4 Å². The molecule has 8 heteroatoms. The van der Waals surface area contributed by atoms with E-state index < -0.39 is 5.92 Å². The van der Waals surface area contributed by atoms with Crippen molar-refractivity contribution in [1.82, 2.24) is 5.32 Å². The van der Waals surface area contributed by atoms with Crippen molar-refractivity contribution in [3.8, 4) is 6.07 Å². The lowest BCUT2D eigenvalue weighted by atomic mass is 9.82. The zero-order valence-corrected chi connectivity index (χ0v) is 21.0. The van der Waals surface area contributed by atoms with Gasteiger partial charge < -0.3 is 16.0 Å². The third kappa shape index (κ3) is 5.80. The summed E-state index contributed by atoms with van der Waals surface area (Å²) in [5.41, 5.74) is 3.44. The Labute approximate surface area is 219 Å². The molecule has 1 atom stereocenters. The summed E-state index contributed by atoms with van der Waals surface area (Å²) < 4.78 is 0. The number of nitrogens with one attached hydrogen (secondary N) is 3. The van der Waals surface area contributed by atoms with Crippen LogP contribution in [0.25, 0.3) is 0 Å². The number of allylic oxidation sites excluding steroid dienone is 2. The van der Waals surface area contributed by atoms with E-state index in [1.54, 1.807) is 31.2 Å². The first-order valence-corrected chi connectivity index (χ1v) is 12.5. The number of carbonyl (C=O) groups excluding carboxylic acids is 2. The van der Waals surface area contributed by atoms with Gasteiger partial charge in [0.1, 0.15) is 0 Å². The third-order valence-electron chi connectivity index (χ3n) is 5.55. The van der Waals surface area contributed by atoms with Crippen LogP contribution < -0.4 is 16.0 Å². The molecular weight excluding hydrogens is 492 g/mol. The highest BCUT2D eigenvalue weighted by Crippen LogP contribution is 2.41. The van der Waals surface area contributed by atoms with E-state index in [2.05, 4.69) is 22.0 Å². The molecule has 0 aliphatic carbocycles. The number of benzene rings is 3. The Balaban J connectivity index is 1.61. The first kappa shape index (κ1) is 25.1. The van der Waals surface area contributed by atoms with Crippen LogP contribution in [0.3, 0.4) is 0 Å². The fraction of sp³-hybridized carbons (Fsp3) is 0.107. The predicted molar refractivity (Wildman–Crippen MR) is 145 cm³/mol. The molecule has 1 heterocycles. The van der Waals surface area contributed by atoms with Gasteiger partial charge in [0.05, 0.1) is 39.1 Å². The summed E-state index contributed by atoms with van der Waals surface area (Å²) in [5.74, 6) is -1.09. The molecule has 4 rings (SSSR count). The molecule has 0 unspecified atom stereocenters. The molecule has 2 amide bonds. The lowest BCUT2D eigenvalue weighted by molar-refractivity contribution is -0.114. The monoisotopic (exact) mass is 514 g/mol. The van der Waals surface area contributed by atoms with Crippen molar-refractivity contribution >= 4 is 46.6 Å². The van der Waals surface area contributed by atoms with E-state index in [-0.39, 0.29) is 17.6 Å². The molecule has 0 radical (unpaired) electrons. The average Bonchev–Trinajstić information content (AvgIpc) is 2.89. The number of thioether (sulfide) groups is 1. The molecule has 0 saturated carbocycles. The maximum atomic E-state index is 13.4. The Morgan fingerprint density at radius 3 is 2.28 bits per heavy atom. The van der Waals surface area contributed by atoms with Crippen molar-refractivity contribution in [2.24, 2.45) is 0 Å². The zero-order chi connectivity index (χ0) is 25.5. The summed E-state index contributed by atoms with van der Waals surface area (Å²) in [4.78, 5) is 26.0. The largest absolute Gasteiger partial charge is 0.353 e. The van der Waals surface area contributed by atoms with Crippen LogP contribution in [0.1, 0.15) is 18.4 Å². The van der Waals surface area contributed by atoms with Crippen LogP contribution in [-0.2, 0) is 9.59 Å². The number of anilines is 2. The number of dihydropyridines is 1. The topological polar surface area (TPSA) is 94.0 Å². The highest BCUT2D eigenvalue weighted by Gasteiger charge is 2.34. The molecule has 0 saturated heterocycles. The summed E-state index contributed by atoms with van der Waals surface area (Å²) in [5, 5.41) is 20.1. The number of hydrogen-bond donors (Lipinski definition) is 3. The summed E-state index contributed by atoms with van der Waals surface area (Å²) >= 11 is 7.35. The van der Waals surface area contributed by atoms with E-state index in [4.69, 9.17) is 11.6 Å². The molecule has 3 aromatic carbocycles. The van der Waals surface area contributed by atoms with Crippen LogP contribution in [0, 0.1) is 11.3 Å². The number of halogens is 1.